The Labute approximate surface area is 377 Å². The van der Waals surface area contributed by atoms with Crippen molar-refractivity contribution in [3.05, 3.63) is 71.8 Å². The van der Waals surface area contributed by atoms with Crippen LogP contribution in [0.2, 0.25) is 0 Å². The molecule has 0 radical (unpaired) electrons. The summed E-state index contributed by atoms with van der Waals surface area (Å²) < 4.78 is 71.7. The number of amides is 3. The minimum Gasteiger partial charge on any atom is -0.448 e. The molecule has 2 aromatic carbocycles. The molecule has 18 heteroatoms. The summed E-state index contributed by atoms with van der Waals surface area (Å²) >= 11 is 0. The zero-order chi connectivity index (χ0) is 45.1. The van der Waals surface area contributed by atoms with Crippen LogP contribution in [0.15, 0.2) is 60.7 Å². The summed E-state index contributed by atoms with van der Waals surface area (Å²) in [4.78, 5) is 38.2. The highest BCUT2D eigenvalue weighted by Crippen LogP contribution is 2.44. The second-order valence-corrected chi connectivity index (χ2v) is 14.2. The Bertz CT molecular complexity index is 1530. The number of benzene rings is 2. The Morgan fingerprint density at radius 3 is 1.09 bits per heavy atom. The minimum absolute atomic E-state index is 0.0311. The summed E-state index contributed by atoms with van der Waals surface area (Å²) in [5, 5.41) is 0. The van der Waals surface area contributed by atoms with E-state index in [1.54, 1.807) is 7.05 Å². The summed E-state index contributed by atoms with van der Waals surface area (Å²) in [6, 6.07) is 16.6. The molecule has 0 fully saturated rings. The smallest absolute Gasteiger partial charge is 0.409 e. The van der Waals surface area contributed by atoms with E-state index in [0.29, 0.717) is 165 Å². The van der Waals surface area contributed by atoms with Crippen LogP contribution in [0.1, 0.15) is 17.0 Å². The van der Waals surface area contributed by atoms with Gasteiger partial charge in [-0.25, -0.2) is 4.79 Å². The van der Waals surface area contributed by atoms with Crippen molar-refractivity contribution in [2.75, 3.05) is 185 Å². The topological polar surface area (TPSA) is 178 Å². The van der Waals surface area contributed by atoms with Crippen molar-refractivity contribution in [1.29, 1.82) is 0 Å². The first-order chi connectivity index (χ1) is 31.6. The maximum Gasteiger partial charge on any atom is 0.409 e. The molecule has 2 aromatic rings. The number of fused-ring (bicyclic) bond motifs is 3. The van der Waals surface area contributed by atoms with Crippen molar-refractivity contribution in [3.8, 4) is 11.1 Å². The van der Waals surface area contributed by atoms with Gasteiger partial charge in [0.25, 0.3) is 11.8 Å². The molecule has 0 saturated heterocycles. The summed E-state index contributed by atoms with van der Waals surface area (Å²) in [5.74, 6) is -0.591. The predicted molar refractivity (Wildman–Crippen MR) is 233 cm³/mol. The average molecular weight is 905 g/mol. The number of hydrogen-bond acceptors (Lipinski definition) is 16. The molecule has 0 N–H and O–H groups in total. The predicted octanol–water partition coefficient (Wildman–Crippen LogP) is 2.99. The summed E-state index contributed by atoms with van der Waals surface area (Å²) in [7, 11) is 1.71. The SMILES string of the molecule is CN(CCOCCOCCOCCOCCOCCOCCOCCOCCOCCOCCOCCOCCN1C(=O)C=CC1=O)C(=O)OCC1c2ccccc2-c2ccccc21. The van der Waals surface area contributed by atoms with Gasteiger partial charge >= 0.3 is 6.09 Å². The zero-order valence-corrected chi connectivity index (χ0v) is 37.4. The first-order valence-corrected chi connectivity index (χ1v) is 22.1. The molecule has 0 unspecified atom stereocenters. The fourth-order valence-corrected chi connectivity index (χ4v) is 6.33. The van der Waals surface area contributed by atoms with Gasteiger partial charge in [0.1, 0.15) is 6.61 Å². The molecule has 18 nitrogen and oxygen atoms in total. The monoisotopic (exact) mass is 904 g/mol. The third kappa shape index (κ3) is 21.9. The molecule has 4 rings (SSSR count). The normalized spacial score (nSPS) is 13.3. The van der Waals surface area contributed by atoms with Gasteiger partial charge in [0.2, 0.25) is 0 Å². The number of ether oxygens (including phenoxy) is 13. The third-order valence-corrected chi connectivity index (χ3v) is 9.67. The molecule has 1 aliphatic carbocycles. The van der Waals surface area contributed by atoms with Crippen LogP contribution in [0.25, 0.3) is 11.1 Å². The Balaban J connectivity index is 0.768. The second kappa shape index (κ2) is 34.5. The molecule has 0 spiro atoms. The quantitative estimate of drug-likeness (QED) is 0.0702. The van der Waals surface area contributed by atoms with Crippen molar-refractivity contribution in [1.82, 2.24) is 9.80 Å². The molecule has 0 aromatic heterocycles. The molecule has 0 bridgehead atoms. The van der Waals surface area contributed by atoms with Gasteiger partial charge in [-0.1, -0.05) is 48.5 Å². The molecule has 1 aliphatic heterocycles. The van der Waals surface area contributed by atoms with Crippen molar-refractivity contribution in [3.63, 3.8) is 0 Å². The Morgan fingerprint density at radius 1 is 0.453 bits per heavy atom. The van der Waals surface area contributed by atoms with E-state index in [0.717, 1.165) is 4.90 Å². The van der Waals surface area contributed by atoms with E-state index in [9.17, 15) is 14.4 Å². The van der Waals surface area contributed by atoms with Crippen LogP contribution < -0.4 is 0 Å². The first kappa shape index (κ1) is 52.7. The molecule has 2 aliphatic rings. The number of imide groups is 1. The molecule has 0 saturated carbocycles. The summed E-state index contributed by atoms with van der Waals surface area (Å²) in [5.41, 5.74) is 4.78. The molecule has 3 amide bonds. The molecular weight excluding hydrogens is 837 g/mol. The number of likely N-dealkylation sites (N-methyl/N-ethyl adjacent to an activating group) is 1. The molecule has 358 valence electrons. The number of carbonyl (C=O) groups excluding carboxylic acids is 3. The van der Waals surface area contributed by atoms with Gasteiger partial charge in [-0.3, -0.25) is 14.5 Å². The Kier molecular flexibility index (Phi) is 28.4. The van der Waals surface area contributed by atoms with Crippen LogP contribution in [0.3, 0.4) is 0 Å². The van der Waals surface area contributed by atoms with Crippen LogP contribution in [-0.4, -0.2) is 213 Å². The Hall–Kier alpha value is -3.89. The first-order valence-electron chi connectivity index (χ1n) is 22.1. The maximum atomic E-state index is 12.6. The highest BCUT2D eigenvalue weighted by atomic mass is 16.6. The third-order valence-electron chi connectivity index (χ3n) is 9.67. The highest BCUT2D eigenvalue weighted by Gasteiger charge is 2.29. The van der Waals surface area contributed by atoms with Gasteiger partial charge in [-0.05, 0) is 22.3 Å². The molecule has 64 heavy (non-hydrogen) atoms. The fourth-order valence-electron chi connectivity index (χ4n) is 6.33. The lowest BCUT2D eigenvalue weighted by atomic mass is 9.98. The van der Waals surface area contributed by atoms with E-state index in [1.807, 2.05) is 24.3 Å². The fraction of sp³-hybridized carbons (Fsp3) is 0.630. The van der Waals surface area contributed by atoms with Gasteiger partial charge in [0.05, 0.1) is 165 Å². The lowest BCUT2D eigenvalue weighted by Gasteiger charge is -2.19. The van der Waals surface area contributed by atoms with Crippen molar-refractivity contribution in [2.45, 2.75) is 5.92 Å². The van der Waals surface area contributed by atoms with Crippen LogP contribution in [0.5, 0.6) is 0 Å². The molecular formula is C46H68N2O16. The number of hydrogen-bond donors (Lipinski definition) is 0. The van der Waals surface area contributed by atoms with Crippen LogP contribution in [0.4, 0.5) is 4.79 Å². The number of carbonyl (C=O) groups is 3. The largest absolute Gasteiger partial charge is 0.448 e. The van der Waals surface area contributed by atoms with Gasteiger partial charge < -0.3 is 66.5 Å². The second-order valence-electron chi connectivity index (χ2n) is 14.2. The van der Waals surface area contributed by atoms with Crippen molar-refractivity contribution >= 4 is 17.9 Å². The number of nitrogens with zero attached hydrogens (tertiary/aromatic N) is 2. The van der Waals surface area contributed by atoms with E-state index >= 15 is 0 Å². The van der Waals surface area contributed by atoms with Gasteiger partial charge in [-0.2, -0.15) is 0 Å². The van der Waals surface area contributed by atoms with Crippen LogP contribution in [-0.2, 0) is 71.2 Å². The van der Waals surface area contributed by atoms with Crippen molar-refractivity contribution in [2.24, 2.45) is 0 Å². The van der Waals surface area contributed by atoms with E-state index < -0.39 is 0 Å². The van der Waals surface area contributed by atoms with Gasteiger partial charge in [0.15, 0.2) is 0 Å². The van der Waals surface area contributed by atoms with E-state index in [2.05, 4.69) is 24.3 Å². The standard InChI is InChI=1S/C46H68N2O16/c1-47(46(51)64-38-43-41-8-4-2-6-39(41)40-7-3-5-9-42(40)43)12-14-52-16-18-54-20-22-56-24-26-58-28-30-60-32-34-62-36-37-63-35-33-61-31-29-59-27-25-57-23-21-55-19-17-53-15-13-48-44(49)10-11-45(48)50/h2-11,43H,12-38H2,1H3. The van der Waals surface area contributed by atoms with Crippen LogP contribution in [0, 0.1) is 0 Å². The molecule has 1 heterocycles. The van der Waals surface area contributed by atoms with E-state index in [4.69, 9.17) is 61.6 Å². The van der Waals surface area contributed by atoms with E-state index in [-0.39, 0.29) is 37.0 Å². The number of rotatable bonds is 41. The Morgan fingerprint density at radius 2 is 0.750 bits per heavy atom. The van der Waals surface area contributed by atoms with Gasteiger partial charge in [0, 0.05) is 31.7 Å². The highest BCUT2D eigenvalue weighted by molar-refractivity contribution is 6.12. The van der Waals surface area contributed by atoms with Crippen LogP contribution >= 0.6 is 0 Å². The lowest BCUT2D eigenvalue weighted by molar-refractivity contribution is -0.137. The average Bonchev–Trinajstić information content (AvgIpc) is 3.81. The lowest BCUT2D eigenvalue weighted by Crippen LogP contribution is -2.33. The maximum absolute atomic E-state index is 12.6. The van der Waals surface area contributed by atoms with E-state index in [1.165, 1.54) is 39.3 Å². The summed E-state index contributed by atoms with van der Waals surface area (Å²) in [6.07, 6.45) is 2.14. The minimum atomic E-state index is -0.371. The van der Waals surface area contributed by atoms with Crippen molar-refractivity contribution < 1.29 is 76.0 Å². The zero-order valence-electron chi connectivity index (χ0n) is 37.4. The van der Waals surface area contributed by atoms with Gasteiger partial charge in [-0.15, -0.1) is 0 Å². The summed E-state index contributed by atoms with van der Waals surface area (Å²) in [6.45, 7) is 11.6. The molecule has 0 atom stereocenters.